The third-order valence-electron chi connectivity index (χ3n) is 11.2. The molecule has 12 rings (SSSR count). The number of benzene rings is 8. The van der Waals surface area contributed by atoms with E-state index in [1.165, 1.54) is 73.0 Å². The summed E-state index contributed by atoms with van der Waals surface area (Å²) in [4.78, 5) is 7.24. The van der Waals surface area contributed by atoms with E-state index in [1.807, 2.05) is 47.1 Å². The summed E-state index contributed by atoms with van der Waals surface area (Å²) in [6.45, 7) is 0. The van der Waals surface area contributed by atoms with Crippen LogP contribution in [0, 0.1) is 0 Å². The minimum Gasteiger partial charge on any atom is -0.310 e. The molecule has 0 aliphatic carbocycles. The lowest BCUT2D eigenvalue weighted by Gasteiger charge is -2.26. The van der Waals surface area contributed by atoms with Crippen LogP contribution in [-0.4, -0.2) is 9.38 Å². The van der Waals surface area contributed by atoms with Crippen molar-refractivity contribution in [3.05, 3.63) is 188 Å². The molecule has 4 heterocycles. The zero-order valence-corrected chi connectivity index (χ0v) is 31.7. The van der Waals surface area contributed by atoms with E-state index in [9.17, 15) is 0 Å². The average molecular weight is 750 g/mol. The van der Waals surface area contributed by atoms with E-state index in [0.717, 1.165) is 34.0 Å². The van der Waals surface area contributed by atoms with Gasteiger partial charge in [-0.2, -0.15) is 0 Å². The summed E-state index contributed by atoms with van der Waals surface area (Å²) in [5, 5.41) is 10.5. The average Bonchev–Trinajstić information content (AvgIpc) is 3.97. The Bertz CT molecular complexity index is 3290. The molecule has 0 saturated heterocycles. The van der Waals surface area contributed by atoms with Crippen molar-refractivity contribution in [1.29, 1.82) is 0 Å². The van der Waals surface area contributed by atoms with Gasteiger partial charge in [-0.15, -0.1) is 22.7 Å². The van der Waals surface area contributed by atoms with Gasteiger partial charge in [0, 0.05) is 75.4 Å². The number of pyridine rings is 1. The van der Waals surface area contributed by atoms with Gasteiger partial charge in [-0.1, -0.05) is 115 Å². The highest BCUT2D eigenvalue weighted by Crippen LogP contribution is 2.45. The van der Waals surface area contributed by atoms with Gasteiger partial charge < -0.3 is 9.30 Å². The number of nitrogens with zero attached hydrogens (tertiary/aromatic N) is 3. The third kappa shape index (κ3) is 4.98. The van der Waals surface area contributed by atoms with Crippen LogP contribution in [0.2, 0.25) is 0 Å². The third-order valence-corrected chi connectivity index (χ3v) is 13.4. The molecule has 4 aromatic heterocycles. The fraction of sp³-hybridized carbons (Fsp3) is 0. The number of aromatic nitrogens is 2. The Hall–Kier alpha value is -6.79. The smallest absolute Gasteiger partial charge is 0.137 e. The standard InChI is InChI=1S/C51H31N3S2/c1-3-9-40-34(7-1)18-26-45-50(40)42-24-22-38(29-47(42)55-45)54(39-23-25-43-48(30-39)56-46-27-19-35-8-2-4-10-41(35)51(43)46)37-20-16-33(17-21-37)32-12-14-36(15-13-32)44-31-53-28-6-5-11-49(53)52-44/h1-31H. The fourth-order valence-corrected chi connectivity index (χ4v) is 10.8. The van der Waals surface area contributed by atoms with Crippen molar-refractivity contribution in [2.45, 2.75) is 0 Å². The molecule has 8 aromatic carbocycles. The summed E-state index contributed by atoms with van der Waals surface area (Å²) in [7, 11) is 0. The van der Waals surface area contributed by atoms with Crippen molar-refractivity contribution in [3.63, 3.8) is 0 Å². The van der Waals surface area contributed by atoms with Crippen molar-refractivity contribution in [1.82, 2.24) is 9.38 Å². The second-order valence-corrected chi connectivity index (χ2v) is 16.6. The Morgan fingerprint density at radius 3 is 1.52 bits per heavy atom. The van der Waals surface area contributed by atoms with E-state index in [2.05, 4.69) is 173 Å². The Labute approximate surface area is 330 Å². The molecule has 0 saturated carbocycles. The van der Waals surface area contributed by atoms with Gasteiger partial charge in [-0.3, -0.25) is 0 Å². The molecule has 0 N–H and O–H groups in total. The zero-order chi connectivity index (χ0) is 36.7. The highest BCUT2D eigenvalue weighted by atomic mass is 32.1. The van der Waals surface area contributed by atoms with Gasteiger partial charge >= 0.3 is 0 Å². The normalized spacial score (nSPS) is 11.9. The fourth-order valence-electron chi connectivity index (χ4n) is 8.51. The number of hydrogen-bond acceptors (Lipinski definition) is 4. The number of rotatable bonds is 5. The van der Waals surface area contributed by atoms with Crippen LogP contribution in [0.25, 0.3) is 89.9 Å². The molecule has 0 aliphatic heterocycles. The Morgan fingerprint density at radius 2 is 0.929 bits per heavy atom. The molecule has 0 unspecified atom stereocenters. The molecule has 5 heteroatoms. The van der Waals surface area contributed by atoms with E-state index in [0.29, 0.717) is 0 Å². The van der Waals surface area contributed by atoms with Crippen LogP contribution in [0.3, 0.4) is 0 Å². The first-order chi connectivity index (χ1) is 27.7. The molecule has 0 amide bonds. The van der Waals surface area contributed by atoms with Crippen LogP contribution in [0.4, 0.5) is 17.1 Å². The summed E-state index contributed by atoms with van der Waals surface area (Å²) in [6.07, 6.45) is 4.13. The number of imidazole rings is 1. The maximum Gasteiger partial charge on any atom is 0.137 e. The van der Waals surface area contributed by atoms with Crippen LogP contribution < -0.4 is 4.90 Å². The minimum absolute atomic E-state index is 0.951. The summed E-state index contributed by atoms with van der Waals surface area (Å²) in [5.74, 6) is 0. The van der Waals surface area contributed by atoms with Gasteiger partial charge in [-0.05, 0) is 93.3 Å². The van der Waals surface area contributed by atoms with Crippen LogP contribution in [-0.2, 0) is 0 Å². The lowest BCUT2D eigenvalue weighted by molar-refractivity contribution is 1.19. The number of fused-ring (bicyclic) bond motifs is 11. The first kappa shape index (κ1) is 31.5. The molecule has 56 heavy (non-hydrogen) atoms. The van der Waals surface area contributed by atoms with Gasteiger partial charge in [0.25, 0.3) is 0 Å². The van der Waals surface area contributed by atoms with E-state index in [4.69, 9.17) is 4.98 Å². The topological polar surface area (TPSA) is 20.5 Å². The van der Waals surface area contributed by atoms with Crippen LogP contribution in [0.15, 0.2) is 188 Å². The molecule has 12 aromatic rings. The van der Waals surface area contributed by atoms with Crippen molar-refractivity contribution >= 4 is 107 Å². The zero-order valence-electron chi connectivity index (χ0n) is 30.1. The van der Waals surface area contributed by atoms with Crippen LogP contribution in [0.1, 0.15) is 0 Å². The van der Waals surface area contributed by atoms with Crippen molar-refractivity contribution in [3.8, 4) is 22.4 Å². The predicted molar refractivity (Wildman–Crippen MR) is 242 cm³/mol. The predicted octanol–water partition coefficient (Wildman–Crippen LogP) is 15.2. The number of hydrogen-bond donors (Lipinski definition) is 0. The molecule has 0 spiro atoms. The first-order valence-electron chi connectivity index (χ1n) is 18.8. The van der Waals surface area contributed by atoms with E-state index >= 15 is 0 Å². The Balaban J connectivity index is 0.976. The second-order valence-electron chi connectivity index (χ2n) is 14.4. The summed E-state index contributed by atoms with van der Waals surface area (Å²) >= 11 is 3.75. The van der Waals surface area contributed by atoms with Crippen molar-refractivity contribution in [2.75, 3.05) is 4.90 Å². The largest absolute Gasteiger partial charge is 0.310 e. The van der Waals surface area contributed by atoms with Gasteiger partial charge in [0.2, 0.25) is 0 Å². The molecule has 3 nitrogen and oxygen atoms in total. The van der Waals surface area contributed by atoms with Gasteiger partial charge in [0.05, 0.1) is 5.69 Å². The molecular weight excluding hydrogens is 719 g/mol. The van der Waals surface area contributed by atoms with Gasteiger partial charge in [0.15, 0.2) is 0 Å². The summed E-state index contributed by atoms with van der Waals surface area (Å²) in [6, 6.07) is 64.4. The van der Waals surface area contributed by atoms with Gasteiger partial charge in [-0.25, -0.2) is 4.98 Å². The maximum absolute atomic E-state index is 4.82. The highest BCUT2D eigenvalue weighted by molar-refractivity contribution is 7.26. The minimum atomic E-state index is 0.951. The van der Waals surface area contributed by atoms with E-state index in [-0.39, 0.29) is 0 Å². The van der Waals surface area contributed by atoms with Crippen molar-refractivity contribution < 1.29 is 0 Å². The first-order valence-corrected chi connectivity index (χ1v) is 20.5. The quantitative estimate of drug-likeness (QED) is 0.175. The lowest BCUT2D eigenvalue weighted by atomic mass is 10.0. The Kier molecular flexibility index (Phi) is 6.97. The lowest BCUT2D eigenvalue weighted by Crippen LogP contribution is -2.09. The van der Waals surface area contributed by atoms with Crippen LogP contribution in [0.5, 0.6) is 0 Å². The van der Waals surface area contributed by atoms with E-state index < -0.39 is 0 Å². The number of thiophene rings is 2. The molecule has 0 atom stereocenters. The molecule has 262 valence electrons. The van der Waals surface area contributed by atoms with E-state index in [1.54, 1.807) is 0 Å². The summed E-state index contributed by atoms with van der Waals surface area (Å²) in [5.41, 5.74) is 8.78. The monoisotopic (exact) mass is 749 g/mol. The van der Waals surface area contributed by atoms with Crippen molar-refractivity contribution in [2.24, 2.45) is 0 Å². The molecule has 0 radical (unpaired) electrons. The molecular formula is C51H31N3S2. The summed E-state index contributed by atoms with van der Waals surface area (Å²) < 4.78 is 7.27. The van der Waals surface area contributed by atoms with Gasteiger partial charge in [0.1, 0.15) is 5.65 Å². The van der Waals surface area contributed by atoms with Crippen LogP contribution >= 0.6 is 22.7 Å². The second kappa shape index (κ2) is 12.4. The Morgan fingerprint density at radius 1 is 0.411 bits per heavy atom. The SMILES string of the molecule is c1ccc2c(c1)ccc1sc3cc(N(c4ccc(-c5ccc(-c6cn7ccccc7n6)cc5)cc4)c4ccc5c(c4)sc4ccc6ccccc6c45)ccc3c12. The molecule has 0 aliphatic rings. The number of anilines is 3. The maximum atomic E-state index is 4.82. The highest BCUT2D eigenvalue weighted by Gasteiger charge is 2.18. The molecule has 0 bridgehead atoms. The molecule has 0 fully saturated rings.